The Balaban J connectivity index is 1.56. The Morgan fingerprint density at radius 2 is 1.62 bits per heavy atom. The van der Waals surface area contributed by atoms with E-state index in [1.54, 1.807) is 42.5 Å². The van der Waals surface area contributed by atoms with Gasteiger partial charge in [-0.1, -0.05) is 66.2 Å². The molecule has 0 saturated carbocycles. The van der Waals surface area contributed by atoms with Gasteiger partial charge >= 0.3 is 0 Å². The van der Waals surface area contributed by atoms with Gasteiger partial charge in [-0.15, -0.1) is 0 Å². The molecule has 0 spiro atoms. The molecule has 0 fully saturated rings. The van der Waals surface area contributed by atoms with Crippen molar-refractivity contribution in [2.24, 2.45) is 0 Å². The van der Waals surface area contributed by atoms with Crippen LogP contribution in [0.25, 0.3) is 0 Å². The standard InChI is InChI=1S/C28H25ClN2O3/c1-33-27-17-22(14-15-26(27)34-20-21-9-3-2-4-10-21)18-31(19-23-11-7-8-16-30-23)28(32)24-12-5-6-13-25(24)29/h2-17H,18-20H2,1H3. The molecule has 1 heterocycles. The summed E-state index contributed by atoms with van der Waals surface area (Å²) in [5.41, 5.74) is 3.22. The molecule has 172 valence electrons. The first-order valence-corrected chi connectivity index (χ1v) is 11.3. The fourth-order valence-corrected chi connectivity index (χ4v) is 3.79. The molecule has 6 heteroatoms. The van der Waals surface area contributed by atoms with Crippen LogP contribution in [0.4, 0.5) is 0 Å². The molecule has 0 atom stereocenters. The van der Waals surface area contributed by atoms with Crippen LogP contribution < -0.4 is 9.47 Å². The van der Waals surface area contributed by atoms with Gasteiger partial charge in [-0.05, 0) is 47.5 Å². The lowest BCUT2D eigenvalue weighted by atomic mass is 10.1. The predicted molar refractivity (Wildman–Crippen MR) is 133 cm³/mol. The van der Waals surface area contributed by atoms with Gasteiger partial charge in [-0.2, -0.15) is 0 Å². The molecular weight excluding hydrogens is 448 g/mol. The van der Waals surface area contributed by atoms with Crippen LogP contribution in [-0.2, 0) is 19.7 Å². The number of ether oxygens (including phenoxy) is 2. The maximum Gasteiger partial charge on any atom is 0.256 e. The van der Waals surface area contributed by atoms with E-state index in [1.807, 2.05) is 66.7 Å². The number of methoxy groups -OCH3 is 1. The molecule has 1 aromatic heterocycles. The van der Waals surface area contributed by atoms with Gasteiger partial charge in [0, 0.05) is 12.7 Å². The minimum atomic E-state index is -0.167. The van der Waals surface area contributed by atoms with Gasteiger partial charge in [-0.3, -0.25) is 9.78 Å². The normalized spacial score (nSPS) is 10.5. The number of nitrogens with zero attached hydrogens (tertiary/aromatic N) is 2. The SMILES string of the molecule is COc1cc(CN(Cc2ccccn2)C(=O)c2ccccc2Cl)ccc1OCc1ccccc1. The molecular formula is C28H25ClN2O3. The van der Waals surface area contributed by atoms with E-state index in [2.05, 4.69) is 4.98 Å². The second-order valence-corrected chi connectivity index (χ2v) is 8.13. The van der Waals surface area contributed by atoms with Crippen molar-refractivity contribution in [1.29, 1.82) is 0 Å². The monoisotopic (exact) mass is 472 g/mol. The average molecular weight is 473 g/mol. The average Bonchev–Trinajstić information content (AvgIpc) is 2.88. The number of carbonyl (C=O) groups excluding carboxylic acids is 1. The zero-order chi connectivity index (χ0) is 23.8. The van der Waals surface area contributed by atoms with Gasteiger partial charge in [0.25, 0.3) is 5.91 Å². The predicted octanol–water partition coefficient (Wildman–Crippen LogP) is 6.17. The summed E-state index contributed by atoms with van der Waals surface area (Å²) in [7, 11) is 1.61. The van der Waals surface area contributed by atoms with E-state index in [9.17, 15) is 4.79 Å². The second-order valence-electron chi connectivity index (χ2n) is 7.72. The lowest BCUT2D eigenvalue weighted by Gasteiger charge is -2.24. The third-order valence-electron chi connectivity index (χ3n) is 5.31. The van der Waals surface area contributed by atoms with Crippen LogP contribution in [0, 0.1) is 0 Å². The summed E-state index contributed by atoms with van der Waals surface area (Å²) in [4.78, 5) is 19.5. The first-order chi connectivity index (χ1) is 16.6. The zero-order valence-corrected chi connectivity index (χ0v) is 19.6. The highest BCUT2D eigenvalue weighted by atomic mass is 35.5. The number of pyridine rings is 1. The van der Waals surface area contributed by atoms with Crippen LogP contribution in [0.1, 0.15) is 27.2 Å². The number of rotatable bonds is 9. The van der Waals surface area contributed by atoms with Gasteiger partial charge < -0.3 is 14.4 Å². The van der Waals surface area contributed by atoms with E-state index >= 15 is 0 Å². The maximum absolute atomic E-state index is 13.4. The first-order valence-electron chi connectivity index (χ1n) is 10.9. The summed E-state index contributed by atoms with van der Waals surface area (Å²) in [5.74, 6) is 1.08. The Hall–Kier alpha value is -3.83. The van der Waals surface area contributed by atoms with Gasteiger partial charge in [0.2, 0.25) is 0 Å². The van der Waals surface area contributed by atoms with E-state index in [-0.39, 0.29) is 5.91 Å². The third-order valence-corrected chi connectivity index (χ3v) is 5.64. The molecule has 5 nitrogen and oxygen atoms in total. The van der Waals surface area contributed by atoms with Crippen LogP contribution >= 0.6 is 11.6 Å². The molecule has 0 unspecified atom stereocenters. The Bertz CT molecular complexity index is 1230. The molecule has 3 aromatic carbocycles. The van der Waals surface area contributed by atoms with Crippen molar-refractivity contribution in [2.45, 2.75) is 19.7 Å². The molecule has 1 amide bonds. The van der Waals surface area contributed by atoms with Crippen molar-refractivity contribution in [3.63, 3.8) is 0 Å². The van der Waals surface area contributed by atoms with Crippen molar-refractivity contribution >= 4 is 17.5 Å². The number of hydrogen-bond acceptors (Lipinski definition) is 4. The summed E-state index contributed by atoms with van der Waals surface area (Å²) >= 11 is 6.32. The number of halogens is 1. The number of amides is 1. The molecule has 0 aliphatic carbocycles. The molecule has 0 radical (unpaired) electrons. The summed E-state index contributed by atoms with van der Waals surface area (Å²) in [5, 5.41) is 0.417. The van der Waals surface area contributed by atoms with Gasteiger partial charge in [0.05, 0.1) is 29.9 Å². The summed E-state index contributed by atoms with van der Waals surface area (Å²) in [6, 6.07) is 28.4. The van der Waals surface area contributed by atoms with Crippen LogP contribution in [-0.4, -0.2) is 22.9 Å². The van der Waals surface area contributed by atoms with Crippen LogP contribution in [0.15, 0.2) is 97.2 Å². The van der Waals surface area contributed by atoms with E-state index in [1.165, 1.54) is 0 Å². The van der Waals surface area contributed by atoms with Crippen LogP contribution in [0.5, 0.6) is 11.5 Å². The Morgan fingerprint density at radius 3 is 2.35 bits per heavy atom. The van der Waals surface area contributed by atoms with E-state index in [0.717, 1.165) is 16.8 Å². The molecule has 4 aromatic rings. The first kappa shape index (κ1) is 23.3. The lowest BCUT2D eigenvalue weighted by molar-refractivity contribution is 0.0728. The minimum absolute atomic E-state index is 0.167. The van der Waals surface area contributed by atoms with E-state index in [0.29, 0.717) is 41.8 Å². The topological polar surface area (TPSA) is 51.7 Å². The van der Waals surface area contributed by atoms with E-state index < -0.39 is 0 Å². The number of benzene rings is 3. The molecule has 0 bridgehead atoms. The molecule has 0 aliphatic heterocycles. The smallest absolute Gasteiger partial charge is 0.256 e. The molecule has 34 heavy (non-hydrogen) atoms. The molecule has 0 saturated heterocycles. The quantitative estimate of drug-likeness (QED) is 0.292. The summed E-state index contributed by atoms with van der Waals surface area (Å²) < 4.78 is 11.5. The maximum atomic E-state index is 13.4. The third kappa shape index (κ3) is 5.94. The van der Waals surface area contributed by atoms with Crippen molar-refractivity contribution in [3.8, 4) is 11.5 Å². The highest BCUT2D eigenvalue weighted by Gasteiger charge is 2.20. The highest BCUT2D eigenvalue weighted by molar-refractivity contribution is 6.33. The second kappa shape index (κ2) is 11.3. The molecule has 4 rings (SSSR count). The van der Waals surface area contributed by atoms with Crippen molar-refractivity contribution in [3.05, 3.63) is 125 Å². The Labute approximate surface area is 204 Å². The zero-order valence-electron chi connectivity index (χ0n) is 18.9. The highest BCUT2D eigenvalue weighted by Crippen LogP contribution is 2.30. The number of aromatic nitrogens is 1. The number of carbonyl (C=O) groups is 1. The van der Waals surface area contributed by atoms with E-state index in [4.69, 9.17) is 21.1 Å². The van der Waals surface area contributed by atoms with Gasteiger partial charge in [0.15, 0.2) is 11.5 Å². The van der Waals surface area contributed by atoms with Crippen LogP contribution in [0.3, 0.4) is 0 Å². The fourth-order valence-electron chi connectivity index (χ4n) is 3.58. The Kier molecular flexibility index (Phi) is 7.79. The Morgan fingerprint density at radius 1 is 0.853 bits per heavy atom. The van der Waals surface area contributed by atoms with Gasteiger partial charge in [-0.25, -0.2) is 0 Å². The summed E-state index contributed by atoms with van der Waals surface area (Å²) in [6.07, 6.45) is 1.72. The van der Waals surface area contributed by atoms with Crippen molar-refractivity contribution in [1.82, 2.24) is 9.88 Å². The van der Waals surface area contributed by atoms with Crippen molar-refractivity contribution in [2.75, 3.05) is 7.11 Å². The van der Waals surface area contributed by atoms with Crippen LogP contribution in [0.2, 0.25) is 5.02 Å². The largest absolute Gasteiger partial charge is 0.493 e. The molecule has 0 N–H and O–H groups in total. The molecule has 0 aliphatic rings. The lowest BCUT2D eigenvalue weighted by Crippen LogP contribution is -2.30. The minimum Gasteiger partial charge on any atom is -0.493 e. The summed E-state index contributed by atoms with van der Waals surface area (Å²) in [6.45, 7) is 1.14. The number of hydrogen-bond donors (Lipinski definition) is 0. The van der Waals surface area contributed by atoms with Gasteiger partial charge in [0.1, 0.15) is 6.61 Å². The van der Waals surface area contributed by atoms with Crippen molar-refractivity contribution < 1.29 is 14.3 Å². The fraction of sp³-hybridized carbons (Fsp3) is 0.143.